The number of carbonyl (C=O) groups excluding carboxylic acids is 5. The summed E-state index contributed by atoms with van der Waals surface area (Å²) in [5.74, 6) is -2.05. The third-order valence-electron chi connectivity index (χ3n) is 11.5. The van der Waals surface area contributed by atoms with Crippen LogP contribution in [0.1, 0.15) is 85.6 Å². The van der Waals surface area contributed by atoms with Crippen molar-refractivity contribution in [2.24, 2.45) is 17.8 Å². The first-order valence-corrected chi connectivity index (χ1v) is 19.4. The molecule has 2 fully saturated rings. The number of likely N-dealkylation sites (tertiary alicyclic amines) is 1. The molecule has 0 saturated carbocycles. The molecule has 13 nitrogen and oxygen atoms in total. The van der Waals surface area contributed by atoms with E-state index < -0.39 is 41.8 Å². The van der Waals surface area contributed by atoms with E-state index in [1.165, 1.54) is 7.05 Å². The van der Waals surface area contributed by atoms with E-state index in [9.17, 15) is 24.0 Å². The van der Waals surface area contributed by atoms with Crippen LogP contribution in [0.25, 0.3) is 0 Å². The zero-order valence-electron chi connectivity index (χ0n) is 33.7. The number of benzene rings is 1. The summed E-state index contributed by atoms with van der Waals surface area (Å²) < 4.78 is 12.0. The number of hydrogen-bond donors (Lipinski definition) is 4. The van der Waals surface area contributed by atoms with Crippen LogP contribution in [-0.2, 0) is 39.9 Å². The monoisotopic (exact) mass is 742 g/mol. The Morgan fingerprint density at radius 3 is 2.23 bits per heavy atom. The molecule has 9 atom stereocenters. The maximum absolute atomic E-state index is 14.2. The van der Waals surface area contributed by atoms with Gasteiger partial charge in [-0.05, 0) is 56.6 Å². The van der Waals surface area contributed by atoms with E-state index in [4.69, 9.17) is 9.47 Å². The van der Waals surface area contributed by atoms with Gasteiger partial charge in [0.15, 0.2) is 0 Å². The Morgan fingerprint density at radius 2 is 1.68 bits per heavy atom. The number of rotatable bonds is 19. The summed E-state index contributed by atoms with van der Waals surface area (Å²) in [6.07, 6.45) is 2.84. The standard InChI is InChI=1S/C40H66N6O7/c1-11-26(4)34(45(8)38(50)33(25(2)3)44-39(51)40(6)20-16-21-42-40)31(52-9)24-32(47)46-22-15-19-30(46)35(53-10)27(5)36(48)43-29(37(49)41-7)23-28-17-13-12-14-18-28/h12-14,17-18,25-27,29-31,33-35,42H,11,15-16,19-24H2,1-10H3,(H,41,49)(H,43,48)(H,44,51). The van der Waals surface area contributed by atoms with Crippen molar-refractivity contribution < 1.29 is 33.4 Å². The van der Waals surface area contributed by atoms with Gasteiger partial charge >= 0.3 is 0 Å². The lowest BCUT2D eigenvalue weighted by atomic mass is 9.89. The van der Waals surface area contributed by atoms with Gasteiger partial charge in [0.25, 0.3) is 0 Å². The van der Waals surface area contributed by atoms with Crippen LogP contribution in [0.3, 0.4) is 0 Å². The minimum atomic E-state index is -0.776. The molecule has 0 spiro atoms. The average molecular weight is 743 g/mol. The molecule has 0 aromatic heterocycles. The van der Waals surface area contributed by atoms with Gasteiger partial charge in [-0.25, -0.2) is 0 Å². The first-order chi connectivity index (χ1) is 25.1. The fraction of sp³-hybridized carbons (Fsp3) is 0.725. The zero-order valence-corrected chi connectivity index (χ0v) is 33.7. The van der Waals surface area contributed by atoms with Crippen molar-refractivity contribution in [1.29, 1.82) is 0 Å². The molecule has 3 rings (SSSR count). The normalized spacial score (nSPS) is 22.6. The molecule has 13 heteroatoms. The van der Waals surface area contributed by atoms with Gasteiger partial charge in [-0.1, -0.05) is 71.4 Å². The lowest BCUT2D eigenvalue weighted by molar-refractivity contribution is -0.148. The highest BCUT2D eigenvalue weighted by Crippen LogP contribution is 2.30. The molecule has 0 radical (unpaired) electrons. The lowest BCUT2D eigenvalue weighted by Gasteiger charge is -2.41. The van der Waals surface area contributed by atoms with Crippen LogP contribution in [0, 0.1) is 17.8 Å². The predicted octanol–water partition coefficient (Wildman–Crippen LogP) is 2.66. The van der Waals surface area contributed by atoms with E-state index in [0.717, 1.165) is 31.4 Å². The summed E-state index contributed by atoms with van der Waals surface area (Å²) in [4.78, 5) is 71.6. The molecule has 0 bridgehead atoms. The molecule has 5 amide bonds. The topological polar surface area (TPSA) is 158 Å². The lowest BCUT2D eigenvalue weighted by Crippen LogP contribution is -2.61. The molecule has 4 N–H and O–H groups in total. The van der Waals surface area contributed by atoms with E-state index >= 15 is 0 Å². The fourth-order valence-electron chi connectivity index (χ4n) is 7.96. The molecule has 9 unspecified atom stereocenters. The molecule has 2 saturated heterocycles. The molecule has 298 valence electrons. The Labute approximate surface area is 317 Å². The largest absolute Gasteiger partial charge is 0.379 e. The fourth-order valence-corrected chi connectivity index (χ4v) is 7.96. The average Bonchev–Trinajstić information content (AvgIpc) is 3.83. The second-order valence-electron chi connectivity index (χ2n) is 15.5. The van der Waals surface area contributed by atoms with Crippen molar-refractivity contribution in [3.63, 3.8) is 0 Å². The van der Waals surface area contributed by atoms with Crippen molar-refractivity contribution in [3.05, 3.63) is 35.9 Å². The van der Waals surface area contributed by atoms with Gasteiger partial charge in [-0.3, -0.25) is 24.0 Å². The quantitative estimate of drug-likeness (QED) is 0.169. The number of methoxy groups -OCH3 is 2. The van der Waals surface area contributed by atoms with Crippen LogP contribution >= 0.6 is 0 Å². The summed E-state index contributed by atoms with van der Waals surface area (Å²) in [5, 5.41) is 11.9. The maximum atomic E-state index is 14.2. The highest BCUT2D eigenvalue weighted by atomic mass is 16.5. The van der Waals surface area contributed by atoms with Crippen LogP contribution < -0.4 is 21.3 Å². The second kappa shape index (κ2) is 20.2. The third kappa shape index (κ3) is 11.0. The number of ether oxygens (including phenoxy) is 2. The predicted molar refractivity (Wildman–Crippen MR) is 205 cm³/mol. The van der Waals surface area contributed by atoms with Crippen LogP contribution in [0.4, 0.5) is 0 Å². The molecule has 2 aliphatic heterocycles. The molecule has 0 aliphatic carbocycles. The number of amides is 5. The Morgan fingerprint density at radius 1 is 1.00 bits per heavy atom. The van der Waals surface area contributed by atoms with Crippen LogP contribution in [-0.4, -0.2) is 123 Å². The van der Waals surface area contributed by atoms with Gasteiger partial charge in [-0.2, -0.15) is 0 Å². The summed E-state index contributed by atoms with van der Waals surface area (Å²) in [7, 11) is 6.37. The van der Waals surface area contributed by atoms with Gasteiger partial charge in [0.2, 0.25) is 29.5 Å². The Kier molecular flexibility index (Phi) is 16.7. The highest BCUT2D eigenvalue weighted by Gasteiger charge is 2.44. The second-order valence-corrected chi connectivity index (χ2v) is 15.5. The van der Waals surface area contributed by atoms with Gasteiger partial charge < -0.3 is 40.5 Å². The highest BCUT2D eigenvalue weighted by molar-refractivity contribution is 5.92. The Balaban J connectivity index is 1.77. The summed E-state index contributed by atoms with van der Waals surface area (Å²) in [5.41, 5.74) is 0.197. The molecule has 1 aromatic rings. The third-order valence-corrected chi connectivity index (χ3v) is 11.5. The van der Waals surface area contributed by atoms with Crippen LogP contribution in [0.15, 0.2) is 30.3 Å². The maximum Gasteiger partial charge on any atom is 0.245 e. The number of nitrogens with one attached hydrogen (secondary N) is 4. The summed E-state index contributed by atoms with van der Waals surface area (Å²) >= 11 is 0. The number of carbonyl (C=O) groups is 5. The zero-order chi connectivity index (χ0) is 39.5. The van der Waals surface area contributed by atoms with Gasteiger partial charge in [0.05, 0.1) is 42.2 Å². The SMILES string of the molecule is CCC(C)C(C(CC(=O)N1CCCC1C(OC)C(C)C(=O)NC(Cc1ccccc1)C(=O)NC)OC)N(C)C(=O)C(NC(=O)C1(C)CCCN1)C(C)C. The first-order valence-electron chi connectivity index (χ1n) is 19.4. The van der Waals surface area contributed by atoms with E-state index in [0.29, 0.717) is 25.8 Å². The van der Waals surface area contributed by atoms with E-state index in [-0.39, 0.29) is 53.8 Å². The van der Waals surface area contributed by atoms with Crippen molar-refractivity contribution in [3.8, 4) is 0 Å². The number of likely N-dealkylation sites (N-methyl/N-ethyl adjacent to an activating group) is 2. The van der Waals surface area contributed by atoms with Gasteiger partial charge in [0.1, 0.15) is 12.1 Å². The van der Waals surface area contributed by atoms with Crippen molar-refractivity contribution in [1.82, 2.24) is 31.1 Å². The molecule has 1 aromatic carbocycles. The van der Waals surface area contributed by atoms with Crippen molar-refractivity contribution in [2.75, 3.05) is 41.4 Å². The van der Waals surface area contributed by atoms with Crippen LogP contribution in [0.2, 0.25) is 0 Å². The van der Waals surface area contributed by atoms with Gasteiger partial charge in [0, 0.05) is 41.3 Å². The van der Waals surface area contributed by atoms with Crippen molar-refractivity contribution >= 4 is 29.5 Å². The van der Waals surface area contributed by atoms with E-state index in [1.54, 1.807) is 38.0 Å². The molecule has 2 heterocycles. The number of hydrogen-bond acceptors (Lipinski definition) is 8. The smallest absolute Gasteiger partial charge is 0.245 e. The van der Waals surface area contributed by atoms with Crippen molar-refractivity contribution in [2.45, 2.75) is 128 Å². The minimum Gasteiger partial charge on any atom is -0.379 e. The summed E-state index contributed by atoms with van der Waals surface area (Å²) in [6, 6.07) is 7.15. The molecular weight excluding hydrogens is 676 g/mol. The Bertz CT molecular complexity index is 1370. The Hall–Kier alpha value is -3.55. The summed E-state index contributed by atoms with van der Waals surface area (Å²) in [6.45, 7) is 12.8. The number of nitrogens with zero attached hydrogens (tertiary/aromatic N) is 2. The van der Waals surface area contributed by atoms with Gasteiger partial charge in [-0.15, -0.1) is 0 Å². The molecule has 2 aliphatic rings. The molecular formula is C40H66N6O7. The first kappa shape index (κ1) is 43.9. The van der Waals surface area contributed by atoms with Crippen LogP contribution in [0.5, 0.6) is 0 Å². The van der Waals surface area contributed by atoms with E-state index in [1.807, 2.05) is 65.0 Å². The minimum absolute atomic E-state index is 0.0202. The van der Waals surface area contributed by atoms with E-state index in [2.05, 4.69) is 21.3 Å². The molecule has 53 heavy (non-hydrogen) atoms.